The smallest absolute Gasteiger partial charge is 0.0216 e. The van der Waals surface area contributed by atoms with Crippen LogP contribution >= 0.6 is 11.3 Å². The maximum atomic E-state index is 3.83. The van der Waals surface area contributed by atoms with E-state index in [9.17, 15) is 0 Å². The van der Waals surface area contributed by atoms with Crippen molar-refractivity contribution in [2.45, 2.75) is 44.7 Å². The molecule has 0 radical (unpaired) electrons. The molecule has 3 fully saturated rings. The van der Waals surface area contributed by atoms with Crippen LogP contribution in [0.2, 0.25) is 0 Å². The second-order valence-electron chi connectivity index (χ2n) is 6.27. The lowest BCUT2D eigenvalue weighted by Gasteiger charge is -2.32. The third-order valence-corrected chi connectivity index (χ3v) is 6.31. The van der Waals surface area contributed by atoms with Gasteiger partial charge in [0.05, 0.1) is 0 Å². The summed E-state index contributed by atoms with van der Waals surface area (Å²) in [6.45, 7) is 1.09. The van der Waals surface area contributed by atoms with Crippen LogP contribution in [0.3, 0.4) is 0 Å². The number of nitrogens with one attached hydrogen (secondary N) is 1. The van der Waals surface area contributed by atoms with E-state index in [1.54, 1.807) is 6.42 Å². The molecule has 0 aromatic carbocycles. The van der Waals surface area contributed by atoms with Gasteiger partial charge in [-0.2, -0.15) is 11.3 Å². The first-order chi connectivity index (χ1) is 8.42. The van der Waals surface area contributed by atoms with Crippen LogP contribution in [-0.4, -0.2) is 6.04 Å². The molecule has 2 bridgehead atoms. The van der Waals surface area contributed by atoms with Crippen LogP contribution < -0.4 is 5.32 Å². The molecule has 0 amide bonds. The van der Waals surface area contributed by atoms with Gasteiger partial charge < -0.3 is 5.32 Å². The summed E-state index contributed by atoms with van der Waals surface area (Å²) in [5.74, 6) is 4.31. The molecule has 5 atom stereocenters. The molecule has 0 spiro atoms. The van der Waals surface area contributed by atoms with Gasteiger partial charge in [-0.25, -0.2) is 0 Å². The van der Waals surface area contributed by atoms with Crippen molar-refractivity contribution in [2.75, 3.05) is 0 Å². The number of hydrogen-bond acceptors (Lipinski definition) is 2. The largest absolute Gasteiger partial charge is 0.310 e. The lowest BCUT2D eigenvalue weighted by atomic mass is 9.79. The van der Waals surface area contributed by atoms with E-state index < -0.39 is 0 Å². The summed E-state index contributed by atoms with van der Waals surface area (Å²) in [7, 11) is 0. The normalized spacial score (nSPS) is 43.2. The van der Waals surface area contributed by atoms with Gasteiger partial charge in [-0.05, 0) is 71.7 Å². The zero-order valence-corrected chi connectivity index (χ0v) is 11.1. The van der Waals surface area contributed by atoms with Gasteiger partial charge in [0, 0.05) is 12.6 Å². The van der Waals surface area contributed by atoms with E-state index in [2.05, 4.69) is 22.1 Å². The van der Waals surface area contributed by atoms with Gasteiger partial charge in [0.2, 0.25) is 0 Å². The number of thiophene rings is 1. The summed E-state index contributed by atoms with van der Waals surface area (Å²) < 4.78 is 0. The molecule has 1 aromatic rings. The molecular formula is C15H21NS. The van der Waals surface area contributed by atoms with E-state index in [1.807, 2.05) is 11.3 Å². The molecule has 1 nitrogen and oxygen atoms in total. The Kier molecular flexibility index (Phi) is 2.55. The molecule has 1 heterocycles. The van der Waals surface area contributed by atoms with Gasteiger partial charge in [-0.15, -0.1) is 0 Å². The third-order valence-electron chi connectivity index (χ3n) is 5.58. The first kappa shape index (κ1) is 10.6. The van der Waals surface area contributed by atoms with Gasteiger partial charge in [-0.1, -0.05) is 6.42 Å². The van der Waals surface area contributed by atoms with E-state index >= 15 is 0 Å². The maximum Gasteiger partial charge on any atom is 0.0216 e. The average Bonchev–Trinajstić information content (AvgIpc) is 3.08. The Bertz CT molecular complexity index is 386. The lowest BCUT2D eigenvalue weighted by Crippen LogP contribution is -2.38. The maximum absolute atomic E-state index is 3.83. The predicted octanol–water partition coefficient (Wildman–Crippen LogP) is 3.66. The molecule has 0 unspecified atom stereocenters. The highest BCUT2D eigenvalue weighted by Gasteiger charge is 2.53. The Balaban J connectivity index is 1.41. The quantitative estimate of drug-likeness (QED) is 0.859. The van der Waals surface area contributed by atoms with Gasteiger partial charge in [0.1, 0.15) is 0 Å². The molecule has 0 aliphatic heterocycles. The monoisotopic (exact) mass is 247 g/mol. The Morgan fingerprint density at radius 3 is 3.00 bits per heavy atom. The Morgan fingerprint density at radius 1 is 1.18 bits per heavy atom. The second-order valence-corrected chi connectivity index (χ2v) is 7.05. The Morgan fingerprint density at radius 2 is 2.12 bits per heavy atom. The van der Waals surface area contributed by atoms with Gasteiger partial charge in [0.15, 0.2) is 0 Å². The minimum absolute atomic E-state index is 0.833. The van der Waals surface area contributed by atoms with Crippen molar-refractivity contribution in [3.05, 3.63) is 22.4 Å². The van der Waals surface area contributed by atoms with Crippen molar-refractivity contribution in [2.24, 2.45) is 23.7 Å². The van der Waals surface area contributed by atoms with E-state index in [0.29, 0.717) is 0 Å². The SMILES string of the molecule is c1cc(CN[C@@H]2C[C@@H]3C[C@H]2[C@@H]2CCC[C@H]32)cs1. The molecule has 1 aromatic heterocycles. The Hall–Kier alpha value is -0.340. The van der Waals surface area contributed by atoms with Crippen molar-refractivity contribution in [3.63, 3.8) is 0 Å². The zero-order valence-electron chi connectivity index (χ0n) is 10.3. The highest BCUT2D eigenvalue weighted by atomic mass is 32.1. The number of hydrogen-bond donors (Lipinski definition) is 1. The summed E-state index contributed by atoms with van der Waals surface area (Å²) in [6.07, 6.45) is 7.59. The molecular weight excluding hydrogens is 226 g/mol. The van der Waals surface area contributed by atoms with Crippen molar-refractivity contribution in [1.82, 2.24) is 5.32 Å². The second kappa shape index (κ2) is 4.10. The highest BCUT2D eigenvalue weighted by Crippen LogP contribution is 2.58. The fourth-order valence-corrected chi connectivity index (χ4v) is 5.61. The summed E-state index contributed by atoms with van der Waals surface area (Å²) >= 11 is 1.81. The fraction of sp³-hybridized carbons (Fsp3) is 0.733. The Labute approximate surface area is 108 Å². The minimum atomic E-state index is 0.833. The predicted molar refractivity (Wildman–Crippen MR) is 72.0 cm³/mol. The molecule has 17 heavy (non-hydrogen) atoms. The van der Waals surface area contributed by atoms with Crippen LogP contribution in [0.15, 0.2) is 16.8 Å². The fourth-order valence-electron chi connectivity index (χ4n) is 4.94. The molecule has 3 aliphatic carbocycles. The van der Waals surface area contributed by atoms with Gasteiger partial charge in [0.25, 0.3) is 0 Å². The standard InChI is InChI=1S/C15H21NS/c1-2-12-11-6-14(13(12)3-1)15(7-11)16-8-10-4-5-17-9-10/h4-5,9,11-16H,1-3,6-8H2/t11-,12+,13+,14-,15+/m0/s1. The van der Waals surface area contributed by atoms with Crippen LogP contribution in [-0.2, 0) is 6.54 Å². The summed E-state index contributed by atoms with van der Waals surface area (Å²) in [5, 5.41) is 8.30. The van der Waals surface area contributed by atoms with Gasteiger partial charge >= 0.3 is 0 Å². The molecule has 2 heteroatoms. The lowest BCUT2D eigenvalue weighted by molar-refractivity contribution is 0.208. The van der Waals surface area contributed by atoms with Crippen LogP contribution in [0.25, 0.3) is 0 Å². The summed E-state index contributed by atoms with van der Waals surface area (Å²) in [5.41, 5.74) is 1.47. The van der Waals surface area contributed by atoms with E-state index in [1.165, 1.54) is 31.2 Å². The van der Waals surface area contributed by atoms with Crippen LogP contribution in [0.4, 0.5) is 0 Å². The molecule has 3 saturated carbocycles. The van der Waals surface area contributed by atoms with Crippen molar-refractivity contribution in [1.29, 1.82) is 0 Å². The van der Waals surface area contributed by atoms with Crippen LogP contribution in [0, 0.1) is 23.7 Å². The molecule has 4 rings (SSSR count). The zero-order chi connectivity index (χ0) is 11.2. The number of rotatable bonds is 3. The van der Waals surface area contributed by atoms with Crippen LogP contribution in [0.5, 0.6) is 0 Å². The molecule has 0 saturated heterocycles. The molecule has 3 aliphatic rings. The molecule has 1 N–H and O–H groups in total. The van der Waals surface area contributed by atoms with Crippen LogP contribution in [0.1, 0.15) is 37.7 Å². The first-order valence-electron chi connectivity index (χ1n) is 7.16. The first-order valence-corrected chi connectivity index (χ1v) is 8.10. The van der Waals surface area contributed by atoms with Crippen molar-refractivity contribution < 1.29 is 0 Å². The van der Waals surface area contributed by atoms with Gasteiger partial charge in [-0.3, -0.25) is 0 Å². The third kappa shape index (κ3) is 1.68. The topological polar surface area (TPSA) is 12.0 Å². The summed E-state index contributed by atoms with van der Waals surface area (Å²) in [6, 6.07) is 3.09. The minimum Gasteiger partial charge on any atom is -0.310 e. The average molecular weight is 247 g/mol. The highest BCUT2D eigenvalue weighted by molar-refractivity contribution is 7.07. The summed E-state index contributed by atoms with van der Waals surface area (Å²) in [4.78, 5) is 0. The van der Waals surface area contributed by atoms with E-state index in [-0.39, 0.29) is 0 Å². The van der Waals surface area contributed by atoms with E-state index in [4.69, 9.17) is 0 Å². The van der Waals surface area contributed by atoms with E-state index in [0.717, 1.165) is 36.3 Å². The van der Waals surface area contributed by atoms with Crippen molar-refractivity contribution >= 4 is 11.3 Å². The molecule has 92 valence electrons. The number of fused-ring (bicyclic) bond motifs is 5. The van der Waals surface area contributed by atoms with Crippen molar-refractivity contribution in [3.8, 4) is 0 Å².